The summed E-state index contributed by atoms with van der Waals surface area (Å²) in [6, 6.07) is 22.1. The number of benzene rings is 2. The van der Waals surface area contributed by atoms with Gasteiger partial charge in [-0.2, -0.15) is 0 Å². The largest absolute Gasteiger partial charge is 0.261 e. The van der Waals surface area contributed by atoms with Crippen molar-refractivity contribution < 1.29 is 4.57 Å². The molecule has 1 aromatic heterocycles. The van der Waals surface area contributed by atoms with Gasteiger partial charge in [0.25, 0.3) is 5.82 Å². The highest BCUT2D eigenvalue weighted by Crippen LogP contribution is 2.21. The molecule has 1 heterocycles. The fraction of sp³-hybridized carbons (Fsp3) is 0.571. The number of rotatable bonds is 19. The van der Waals surface area contributed by atoms with Gasteiger partial charge in [-0.15, -0.1) is 0 Å². The SMILES string of the molecule is CCCCCCCCCCC[n+]1c(CC(C)c2ccccc2)cn(CCCCC)c1Cc1ccccc1. The quantitative estimate of drug-likeness (QED) is 0.114. The number of aryl methyl sites for hydroxylation is 1. The maximum atomic E-state index is 2.71. The molecule has 0 saturated heterocycles. The Morgan fingerprint density at radius 2 is 1.24 bits per heavy atom. The van der Waals surface area contributed by atoms with E-state index in [1.807, 2.05) is 0 Å². The molecule has 0 aliphatic heterocycles. The van der Waals surface area contributed by atoms with Gasteiger partial charge in [-0.05, 0) is 42.7 Å². The highest BCUT2D eigenvalue weighted by Gasteiger charge is 2.25. The van der Waals surface area contributed by atoms with Crippen molar-refractivity contribution in [2.24, 2.45) is 0 Å². The first-order valence-electron chi connectivity index (χ1n) is 15.4. The number of unbranched alkanes of at least 4 members (excludes halogenated alkanes) is 10. The summed E-state index contributed by atoms with van der Waals surface area (Å²) >= 11 is 0. The van der Waals surface area contributed by atoms with E-state index in [-0.39, 0.29) is 0 Å². The Morgan fingerprint density at radius 1 is 0.676 bits per heavy atom. The van der Waals surface area contributed by atoms with Crippen LogP contribution in [-0.2, 0) is 25.9 Å². The monoisotopic (exact) mass is 501 g/mol. The Hall–Kier alpha value is -2.35. The lowest BCUT2D eigenvalue weighted by molar-refractivity contribution is -0.710. The molecule has 0 radical (unpaired) electrons. The molecule has 1 atom stereocenters. The Balaban J connectivity index is 1.75. The molecule has 202 valence electrons. The van der Waals surface area contributed by atoms with Gasteiger partial charge in [-0.1, -0.05) is 133 Å². The summed E-state index contributed by atoms with van der Waals surface area (Å²) in [4.78, 5) is 0. The van der Waals surface area contributed by atoms with Crippen molar-refractivity contribution in [2.45, 2.75) is 130 Å². The number of hydrogen-bond acceptors (Lipinski definition) is 0. The van der Waals surface area contributed by atoms with E-state index < -0.39 is 0 Å². The average Bonchev–Trinajstić information content (AvgIpc) is 3.24. The highest BCUT2D eigenvalue weighted by molar-refractivity contribution is 5.21. The number of nitrogens with zero attached hydrogens (tertiary/aromatic N) is 2. The minimum absolute atomic E-state index is 0.520. The fourth-order valence-electron chi connectivity index (χ4n) is 5.58. The molecule has 0 aliphatic rings. The van der Waals surface area contributed by atoms with Gasteiger partial charge in [0, 0.05) is 6.42 Å². The first kappa shape index (κ1) is 29.2. The first-order valence-corrected chi connectivity index (χ1v) is 15.4. The van der Waals surface area contributed by atoms with E-state index >= 15 is 0 Å². The van der Waals surface area contributed by atoms with Crippen molar-refractivity contribution in [3.8, 4) is 0 Å². The molecule has 3 rings (SSSR count). The van der Waals surface area contributed by atoms with Crippen LogP contribution in [0, 0.1) is 0 Å². The summed E-state index contributed by atoms with van der Waals surface area (Å²) in [6.45, 7) is 9.28. The van der Waals surface area contributed by atoms with Crippen molar-refractivity contribution in [1.29, 1.82) is 0 Å². The standard InChI is InChI=1S/C35H53N2/c1-4-6-8-9-10-11-12-13-21-27-37-34(28-31(3)33-24-18-15-19-25-33)30-36(26-20-7-5-2)35(37)29-32-22-16-14-17-23-32/h14-19,22-25,30-31H,4-13,20-21,26-29H2,1-3H3/q+1. The molecule has 0 saturated carbocycles. The molecular weight excluding hydrogens is 448 g/mol. The molecular formula is C35H53N2+. The Kier molecular flexibility index (Phi) is 13.6. The second-order valence-electron chi connectivity index (χ2n) is 11.1. The Labute approximate surface area is 228 Å². The van der Waals surface area contributed by atoms with Gasteiger partial charge in [-0.25, -0.2) is 9.13 Å². The van der Waals surface area contributed by atoms with Crippen LogP contribution < -0.4 is 4.57 Å². The van der Waals surface area contributed by atoms with Crippen LogP contribution in [0.4, 0.5) is 0 Å². The lowest BCUT2D eigenvalue weighted by atomic mass is 9.96. The number of imidazole rings is 1. The molecule has 2 nitrogen and oxygen atoms in total. The van der Waals surface area contributed by atoms with E-state index in [4.69, 9.17) is 0 Å². The van der Waals surface area contributed by atoms with Gasteiger partial charge >= 0.3 is 0 Å². The van der Waals surface area contributed by atoms with Crippen LogP contribution in [-0.4, -0.2) is 4.57 Å². The average molecular weight is 502 g/mol. The zero-order chi connectivity index (χ0) is 26.1. The van der Waals surface area contributed by atoms with Crippen molar-refractivity contribution in [2.75, 3.05) is 0 Å². The molecule has 0 fully saturated rings. The Morgan fingerprint density at radius 3 is 1.89 bits per heavy atom. The van der Waals surface area contributed by atoms with E-state index in [9.17, 15) is 0 Å². The molecule has 37 heavy (non-hydrogen) atoms. The van der Waals surface area contributed by atoms with E-state index in [2.05, 4.69) is 96.8 Å². The predicted molar refractivity (Wildman–Crippen MR) is 159 cm³/mol. The minimum Gasteiger partial charge on any atom is -0.234 e. The summed E-state index contributed by atoms with van der Waals surface area (Å²) < 4.78 is 5.31. The van der Waals surface area contributed by atoms with Crippen LogP contribution in [0.1, 0.15) is 126 Å². The second-order valence-corrected chi connectivity index (χ2v) is 11.1. The number of aromatic nitrogens is 2. The number of hydrogen-bond donors (Lipinski definition) is 0. The third kappa shape index (κ3) is 10.1. The lowest BCUT2D eigenvalue weighted by Gasteiger charge is -2.12. The zero-order valence-corrected chi connectivity index (χ0v) is 24.1. The summed E-state index contributed by atoms with van der Waals surface area (Å²) in [6.07, 6.45) is 20.9. The maximum absolute atomic E-state index is 2.71. The van der Waals surface area contributed by atoms with Crippen molar-refractivity contribution >= 4 is 0 Å². The van der Waals surface area contributed by atoms with Gasteiger partial charge in [0.15, 0.2) is 0 Å². The molecule has 0 N–H and O–H groups in total. The predicted octanol–water partition coefficient (Wildman–Crippen LogP) is 9.43. The minimum atomic E-state index is 0.520. The summed E-state index contributed by atoms with van der Waals surface area (Å²) in [5.41, 5.74) is 4.37. The highest BCUT2D eigenvalue weighted by atomic mass is 15.2. The van der Waals surface area contributed by atoms with Crippen molar-refractivity contribution in [3.63, 3.8) is 0 Å². The van der Waals surface area contributed by atoms with Crippen LogP contribution in [0.15, 0.2) is 66.9 Å². The molecule has 2 aromatic carbocycles. The first-order chi connectivity index (χ1) is 18.2. The molecule has 3 aromatic rings. The third-order valence-electron chi connectivity index (χ3n) is 7.87. The summed E-state index contributed by atoms with van der Waals surface area (Å²) in [5, 5.41) is 0. The molecule has 0 amide bonds. The van der Waals surface area contributed by atoms with E-state index in [0.717, 1.165) is 25.9 Å². The summed E-state index contributed by atoms with van der Waals surface area (Å²) in [5.74, 6) is 2.02. The van der Waals surface area contributed by atoms with Gasteiger partial charge in [0.2, 0.25) is 0 Å². The van der Waals surface area contributed by atoms with Gasteiger partial charge in [-0.3, -0.25) is 0 Å². The van der Waals surface area contributed by atoms with Crippen LogP contribution in [0.5, 0.6) is 0 Å². The fourth-order valence-corrected chi connectivity index (χ4v) is 5.58. The molecule has 0 bridgehead atoms. The van der Waals surface area contributed by atoms with Crippen LogP contribution >= 0.6 is 0 Å². The summed E-state index contributed by atoms with van der Waals surface area (Å²) in [7, 11) is 0. The lowest BCUT2D eigenvalue weighted by Crippen LogP contribution is -2.41. The third-order valence-corrected chi connectivity index (χ3v) is 7.87. The maximum Gasteiger partial charge on any atom is 0.261 e. The Bertz CT molecular complexity index is 973. The van der Waals surface area contributed by atoms with Crippen molar-refractivity contribution in [1.82, 2.24) is 4.57 Å². The van der Waals surface area contributed by atoms with Crippen LogP contribution in [0.2, 0.25) is 0 Å². The topological polar surface area (TPSA) is 8.81 Å². The second kappa shape index (κ2) is 17.2. The van der Waals surface area contributed by atoms with Crippen LogP contribution in [0.25, 0.3) is 0 Å². The van der Waals surface area contributed by atoms with Crippen molar-refractivity contribution in [3.05, 3.63) is 89.5 Å². The molecule has 1 unspecified atom stereocenters. The molecule has 2 heteroatoms. The molecule has 0 aliphatic carbocycles. The normalized spacial score (nSPS) is 12.2. The van der Waals surface area contributed by atoms with E-state index in [0.29, 0.717) is 5.92 Å². The van der Waals surface area contributed by atoms with E-state index in [1.54, 1.807) is 0 Å². The molecule has 0 spiro atoms. The van der Waals surface area contributed by atoms with Gasteiger partial charge < -0.3 is 0 Å². The van der Waals surface area contributed by atoms with Gasteiger partial charge in [0.05, 0.1) is 19.5 Å². The van der Waals surface area contributed by atoms with E-state index in [1.165, 1.54) is 99.7 Å². The van der Waals surface area contributed by atoms with Crippen LogP contribution in [0.3, 0.4) is 0 Å². The zero-order valence-electron chi connectivity index (χ0n) is 24.1. The van der Waals surface area contributed by atoms with Gasteiger partial charge in [0.1, 0.15) is 11.9 Å². The smallest absolute Gasteiger partial charge is 0.234 e.